The summed E-state index contributed by atoms with van der Waals surface area (Å²) in [6.45, 7) is 1.20. The molecule has 1 aromatic heterocycles. The molecule has 0 unspecified atom stereocenters. The van der Waals surface area contributed by atoms with E-state index in [0.29, 0.717) is 0 Å². The van der Waals surface area contributed by atoms with Gasteiger partial charge in [-0.15, -0.1) is 11.3 Å². The van der Waals surface area contributed by atoms with Crippen LogP contribution in [0.3, 0.4) is 0 Å². The number of fused-ring (bicyclic) bond motifs is 1. The van der Waals surface area contributed by atoms with Gasteiger partial charge in [-0.3, -0.25) is 29.4 Å². The van der Waals surface area contributed by atoms with Crippen molar-refractivity contribution in [2.24, 2.45) is 0 Å². The van der Waals surface area contributed by atoms with Crippen molar-refractivity contribution in [3.63, 3.8) is 0 Å². The van der Waals surface area contributed by atoms with Crippen LogP contribution in [-0.4, -0.2) is 47.8 Å². The molecule has 2 aromatic rings. The first kappa shape index (κ1) is 19.2. The highest BCUT2D eigenvalue weighted by molar-refractivity contribution is 7.14. The summed E-state index contributed by atoms with van der Waals surface area (Å²) >= 11 is 1.06. The summed E-state index contributed by atoms with van der Waals surface area (Å²) in [5.41, 5.74) is 0.547. The number of benzene rings is 1. The zero-order valence-electron chi connectivity index (χ0n) is 14.7. The number of nitrogens with zero attached hydrogens (tertiary/aromatic N) is 1. The molecule has 9 nitrogen and oxygen atoms in total. The summed E-state index contributed by atoms with van der Waals surface area (Å²) in [5, 5.41) is 6.26. The van der Waals surface area contributed by atoms with Gasteiger partial charge in [0.05, 0.1) is 23.3 Å². The highest BCUT2D eigenvalue weighted by Crippen LogP contribution is 2.25. The van der Waals surface area contributed by atoms with Gasteiger partial charge in [0.2, 0.25) is 5.91 Å². The monoisotopic (exact) mass is 401 g/mol. The quantitative estimate of drug-likeness (QED) is 0.738. The van der Waals surface area contributed by atoms with Crippen molar-refractivity contribution in [2.75, 3.05) is 18.5 Å². The Kier molecular flexibility index (Phi) is 5.50. The summed E-state index contributed by atoms with van der Waals surface area (Å²) < 4.78 is 4.64. The van der Waals surface area contributed by atoms with E-state index < -0.39 is 36.3 Å². The van der Waals surface area contributed by atoms with E-state index in [1.54, 1.807) is 24.4 Å². The van der Waals surface area contributed by atoms with E-state index in [9.17, 15) is 24.0 Å². The maximum absolute atomic E-state index is 12.3. The minimum Gasteiger partial charge on any atom is -0.450 e. The Morgan fingerprint density at radius 1 is 1.07 bits per heavy atom. The van der Waals surface area contributed by atoms with Gasteiger partial charge >= 0.3 is 6.09 Å². The molecule has 3 rings (SSSR count). The van der Waals surface area contributed by atoms with Gasteiger partial charge in [0.25, 0.3) is 17.7 Å². The fraction of sp³-hybridized carbons (Fsp3) is 0.167. The van der Waals surface area contributed by atoms with E-state index in [2.05, 4.69) is 10.1 Å². The maximum Gasteiger partial charge on any atom is 0.414 e. The van der Waals surface area contributed by atoms with Gasteiger partial charge in [-0.1, -0.05) is 12.1 Å². The number of amides is 5. The first-order chi connectivity index (χ1) is 13.4. The third-order valence-electron chi connectivity index (χ3n) is 3.83. The molecule has 5 amide bonds. The minimum atomic E-state index is -0.901. The minimum absolute atomic E-state index is 0.0637. The van der Waals surface area contributed by atoms with Gasteiger partial charge in [0.1, 0.15) is 11.5 Å². The summed E-state index contributed by atoms with van der Waals surface area (Å²) in [6.07, 6.45) is -0.901. The lowest BCUT2D eigenvalue weighted by atomic mass is 10.1. The molecule has 0 bridgehead atoms. The van der Waals surface area contributed by atoms with Crippen molar-refractivity contribution < 1.29 is 28.7 Å². The highest BCUT2D eigenvalue weighted by atomic mass is 32.1. The number of hydrogen-bond donors (Lipinski definition) is 2. The second kappa shape index (κ2) is 8.01. The zero-order chi connectivity index (χ0) is 20.3. The van der Waals surface area contributed by atoms with E-state index in [0.717, 1.165) is 16.2 Å². The Hall–Kier alpha value is -3.53. The number of carbonyl (C=O) groups is 5. The second-order valence-corrected chi connectivity index (χ2v) is 6.54. The molecule has 1 aliphatic rings. The van der Waals surface area contributed by atoms with Crippen LogP contribution >= 0.6 is 11.3 Å². The first-order valence-corrected chi connectivity index (χ1v) is 9.11. The molecule has 0 saturated carbocycles. The predicted molar refractivity (Wildman–Crippen MR) is 99.2 cm³/mol. The molecule has 28 heavy (non-hydrogen) atoms. The molecule has 1 aliphatic heterocycles. The molecule has 0 radical (unpaired) electrons. The molecule has 2 heterocycles. The van der Waals surface area contributed by atoms with E-state index in [-0.39, 0.29) is 28.3 Å². The fourth-order valence-corrected chi connectivity index (χ4v) is 3.41. The Morgan fingerprint density at radius 2 is 1.71 bits per heavy atom. The van der Waals surface area contributed by atoms with E-state index in [1.165, 1.54) is 18.2 Å². The number of carbonyl (C=O) groups excluding carboxylic acids is 5. The van der Waals surface area contributed by atoms with Crippen LogP contribution in [0.4, 0.5) is 9.80 Å². The smallest absolute Gasteiger partial charge is 0.414 e. The third-order valence-corrected chi connectivity index (χ3v) is 4.66. The second-order valence-electron chi connectivity index (χ2n) is 5.63. The van der Waals surface area contributed by atoms with Gasteiger partial charge in [0.15, 0.2) is 0 Å². The molecule has 0 aliphatic carbocycles. The van der Waals surface area contributed by atoms with E-state index in [4.69, 9.17) is 0 Å². The Labute approximate surface area is 163 Å². The topological polar surface area (TPSA) is 122 Å². The number of hydrogen-bond acceptors (Lipinski definition) is 7. The highest BCUT2D eigenvalue weighted by Gasteiger charge is 2.36. The van der Waals surface area contributed by atoms with Gasteiger partial charge in [-0.05, 0) is 30.5 Å². The van der Waals surface area contributed by atoms with Crippen molar-refractivity contribution in [1.82, 2.24) is 10.2 Å². The van der Waals surface area contributed by atoms with Crippen molar-refractivity contribution >= 4 is 46.1 Å². The molecule has 0 saturated heterocycles. The van der Waals surface area contributed by atoms with Crippen LogP contribution < -0.4 is 10.6 Å². The number of alkyl carbamates (subject to hydrolysis) is 1. The first-order valence-electron chi connectivity index (χ1n) is 8.23. The Balaban J connectivity index is 1.66. The van der Waals surface area contributed by atoms with Crippen LogP contribution in [0.25, 0.3) is 0 Å². The number of nitrogens with one attached hydrogen (secondary N) is 2. The average molecular weight is 401 g/mol. The maximum atomic E-state index is 12.3. The number of anilines is 1. The van der Waals surface area contributed by atoms with Crippen molar-refractivity contribution in [1.29, 1.82) is 0 Å². The van der Waals surface area contributed by atoms with Gasteiger partial charge < -0.3 is 10.1 Å². The lowest BCUT2D eigenvalue weighted by Crippen LogP contribution is -2.37. The fourth-order valence-electron chi connectivity index (χ4n) is 2.60. The van der Waals surface area contributed by atoms with Crippen LogP contribution in [0.1, 0.15) is 38.0 Å². The van der Waals surface area contributed by atoms with Gasteiger partial charge in [0, 0.05) is 0 Å². The summed E-state index contributed by atoms with van der Waals surface area (Å²) in [6, 6.07) is 7.73. The normalized spacial score (nSPS) is 12.5. The van der Waals surface area contributed by atoms with Crippen molar-refractivity contribution in [3.05, 3.63) is 52.4 Å². The van der Waals surface area contributed by atoms with Crippen molar-refractivity contribution in [3.8, 4) is 0 Å². The lowest BCUT2D eigenvalue weighted by molar-refractivity contribution is -0.116. The number of thiophene rings is 1. The van der Waals surface area contributed by atoms with Crippen LogP contribution in [0.2, 0.25) is 0 Å². The predicted octanol–water partition coefficient (Wildman–Crippen LogP) is 1.87. The van der Waals surface area contributed by atoms with E-state index in [1.807, 2.05) is 5.32 Å². The van der Waals surface area contributed by atoms with Crippen LogP contribution in [0.5, 0.6) is 0 Å². The molecule has 0 atom stereocenters. The van der Waals surface area contributed by atoms with Crippen LogP contribution in [0, 0.1) is 0 Å². The van der Waals surface area contributed by atoms with Gasteiger partial charge in [-0.2, -0.15) is 0 Å². The molecule has 0 fully saturated rings. The summed E-state index contributed by atoms with van der Waals surface area (Å²) in [7, 11) is 0. The number of rotatable bonds is 5. The standard InChI is InChI=1S/C18H15N3O6S/c1-2-27-18(26)20-14(23)12-7-8-28-15(12)19-13(22)9-21-16(24)10-5-3-4-6-11(10)17(21)25/h3-8H,2,9H2,1H3,(H,19,22)(H,20,23,26). The third kappa shape index (κ3) is 3.76. The largest absolute Gasteiger partial charge is 0.450 e. The van der Waals surface area contributed by atoms with Crippen LogP contribution in [-0.2, 0) is 9.53 Å². The molecule has 0 spiro atoms. The summed E-state index contributed by atoms with van der Waals surface area (Å²) in [4.78, 5) is 61.3. The Bertz CT molecular complexity index is 948. The lowest BCUT2D eigenvalue weighted by Gasteiger charge is -2.13. The molecule has 10 heteroatoms. The van der Waals surface area contributed by atoms with Gasteiger partial charge in [-0.25, -0.2) is 4.79 Å². The summed E-state index contributed by atoms with van der Waals surface area (Å²) in [5.74, 6) is -2.50. The number of imide groups is 2. The van der Waals surface area contributed by atoms with Crippen molar-refractivity contribution in [2.45, 2.75) is 6.92 Å². The molecule has 144 valence electrons. The Morgan fingerprint density at radius 3 is 2.32 bits per heavy atom. The van der Waals surface area contributed by atoms with E-state index >= 15 is 0 Å². The van der Waals surface area contributed by atoms with Crippen LogP contribution in [0.15, 0.2) is 35.7 Å². The number of ether oxygens (including phenoxy) is 1. The molecular weight excluding hydrogens is 386 g/mol. The molecule has 1 aromatic carbocycles. The average Bonchev–Trinajstić information content (AvgIpc) is 3.21. The molecule has 2 N–H and O–H groups in total. The zero-order valence-corrected chi connectivity index (χ0v) is 15.5. The SMILES string of the molecule is CCOC(=O)NC(=O)c1ccsc1NC(=O)CN1C(=O)c2ccccc2C1=O. The molecular formula is C18H15N3O6S.